The van der Waals surface area contributed by atoms with Crippen LogP contribution in [0.1, 0.15) is 37.9 Å². The number of amides is 1. The molecule has 1 saturated heterocycles. The Labute approximate surface area is 200 Å². The molecule has 1 unspecified atom stereocenters. The van der Waals surface area contributed by atoms with Crippen LogP contribution in [0.3, 0.4) is 0 Å². The summed E-state index contributed by atoms with van der Waals surface area (Å²) >= 11 is 0. The normalized spacial score (nSPS) is 17.6. The second-order valence-electron chi connectivity index (χ2n) is 8.65. The molecule has 0 bridgehead atoms. The third-order valence-corrected chi connectivity index (χ3v) is 5.43. The highest BCUT2D eigenvalue weighted by atomic mass is 16.5. The molecule has 1 aliphatic rings. The van der Waals surface area contributed by atoms with Crippen LogP contribution in [-0.2, 0) is 9.59 Å². The van der Waals surface area contributed by atoms with Crippen molar-refractivity contribution < 1.29 is 29.3 Å². The van der Waals surface area contributed by atoms with Crippen LogP contribution in [0.4, 0.5) is 0 Å². The van der Waals surface area contributed by atoms with Crippen molar-refractivity contribution in [1.82, 2.24) is 9.80 Å². The Hall–Kier alpha value is -3.52. The Balaban J connectivity index is 2.11. The molecule has 2 N–H and O–H groups in total. The smallest absolute Gasteiger partial charge is 0.295 e. The van der Waals surface area contributed by atoms with Gasteiger partial charge in [-0.25, -0.2) is 0 Å². The molecule has 3 rings (SSSR count). The van der Waals surface area contributed by atoms with Gasteiger partial charge in [-0.15, -0.1) is 0 Å². The van der Waals surface area contributed by atoms with E-state index in [0.717, 1.165) is 0 Å². The quantitative estimate of drug-likeness (QED) is 0.330. The van der Waals surface area contributed by atoms with Gasteiger partial charge in [-0.1, -0.05) is 6.07 Å². The lowest BCUT2D eigenvalue weighted by Gasteiger charge is -2.27. The van der Waals surface area contributed by atoms with Crippen molar-refractivity contribution in [1.29, 1.82) is 0 Å². The predicted octanol–water partition coefficient (Wildman–Crippen LogP) is 3.56. The lowest BCUT2D eigenvalue weighted by atomic mass is 9.95. The second kappa shape index (κ2) is 10.6. The molecule has 0 aliphatic carbocycles. The van der Waals surface area contributed by atoms with Gasteiger partial charge < -0.3 is 29.5 Å². The van der Waals surface area contributed by atoms with E-state index in [1.807, 2.05) is 32.8 Å². The summed E-state index contributed by atoms with van der Waals surface area (Å²) in [6.07, 6.45) is -0.00417. The standard InChI is InChI=1S/C26H32N2O6/c1-6-33-21-15-18(9-12-20(21)29)23-22(25(31)26(32)28(23)14-13-27(4)5)24(30)17-7-10-19(11-8-17)34-16(2)3/h7-12,15-16,23,29-30H,6,13-14H2,1-5H3/b24-22-. The molecule has 8 heteroatoms. The Morgan fingerprint density at radius 2 is 1.79 bits per heavy atom. The van der Waals surface area contributed by atoms with E-state index < -0.39 is 17.7 Å². The molecule has 34 heavy (non-hydrogen) atoms. The number of nitrogens with zero attached hydrogens (tertiary/aromatic N) is 2. The number of benzene rings is 2. The number of Topliss-reactive ketones (excluding diaryl/α,β-unsaturated/α-hetero) is 1. The van der Waals surface area contributed by atoms with Crippen LogP contribution in [-0.4, -0.2) is 71.6 Å². The fourth-order valence-electron chi connectivity index (χ4n) is 3.86. The molecule has 182 valence electrons. The van der Waals surface area contributed by atoms with Gasteiger partial charge in [0.05, 0.1) is 24.3 Å². The van der Waals surface area contributed by atoms with Crippen LogP contribution in [0, 0.1) is 0 Å². The zero-order valence-corrected chi connectivity index (χ0v) is 20.2. The number of hydrogen-bond donors (Lipinski definition) is 2. The van der Waals surface area contributed by atoms with Crippen LogP contribution in [0.25, 0.3) is 5.76 Å². The summed E-state index contributed by atoms with van der Waals surface area (Å²) in [6, 6.07) is 10.6. The monoisotopic (exact) mass is 468 g/mol. The molecule has 0 spiro atoms. The van der Waals surface area contributed by atoms with E-state index in [2.05, 4.69) is 0 Å². The number of phenolic OH excluding ortho intramolecular Hbond substituents is 1. The Morgan fingerprint density at radius 3 is 2.38 bits per heavy atom. The summed E-state index contributed by atoms with van der Waals surface area (Å²) in [7, 11) is 3.75. The minimum Gasteiger partial charge on any atom is -0.507 e. The minimum absolute atomic E-state index is 0.00417. The van der Waals surface area contributed by atoms with E-state index in [1.54, 1.807) is 43.3 Å². The first-order chi connectivity index (χ1) is 16.1. The molecule has 8 nitrogen and oxygen atoms in total. The summed E-state index contributed by atoms with van der Waals surface area (Å²) in [5.74, 6) is -0.869. The number of aliphatic hydroxyl groups is 1. The van der Waals surface area contributed by atoms with Crippen molar-refractivity contribution in [2.75, 3.05) is 33.8 Å². The van der Waals surface area contributed by atoms with Gasteiger partial charge in [0.15, 0.2) is 11.5 Å². The molecule has 2 aromatic carbocycles. The fraction of sp³-hybridized carbons (Fsp3) is 0.385. The number of carbonyl (C=O) groups is 2. The van der Waals surface area contributed by atoms with E-state index in [9.17, 15) is 19.8 Å². The predicted molar refractivity (Wildman–Crippen MR) is 129 cm³/mol. The van der Waals surface area contributed by atoms with Crippen molar-refractivity contribution in [3.05, 3.63) is 59.2 Å². The first kappa shape index (κ1) is 25.1. The maximum Gasteiger partial charge on any atom is 0.295 e. The zero-order chi connectivity index (χ0) is 25.0. The first-order valence-electron chi connectivity index (χ1n) is 11.3. The Bertz CT molecular complexity index is 1080. The summed E-state index contributed by atoms with van der Waals surface area (Å²) in [4.78, 5) is 29.5. The molecule has 1 atom stereocenters. The molecule has 2 aromatic rings. The highest BCUT2D eigenvalue weighted by Crippen LogP contribution is 2.41. The summed E-state index contributed by atoms with van der Waals surface area (Å²) in [5.41, 5.74) is 0.950. The third-order valence-electron chi connectivity index (χ3n) is 5.43. The van der Waals surface area contributed by atoms with Crippen LogP contribution < -0.4 is 9.47 Å². The molecule has 1 aliphatic heterocycles. The highest BCUT2D eigenvalue weighted by molar-refractivity contribution is 6.46. The average molecular weight is 469 g/mol. The lowest BCUT2D eigenvalue weighted by Crippen LogP contribution is -2.35. The van der Waals surface area contributed by atoms with Gasteiger partial charge in [-0.2, -0.15) is 0 Å². The zero-order valence-electron chi connectivity index (χ0n) is 20.2. The van der Waals surface area contributed by atoms with E-state index in [0.29, 0.717) is 30.0 Å². The number of ether oxygens (including phenoxy) is 2. The number of ketones is 1. The van der Waals surface area contributed by atoms with Gasteiger partial charge in [0, 0.05) is 18.7 Å². The Morgan fingerprint density at radius 1 is 1.12 bits per heavy atom. The van der Waals surface area contributed by atoms with Gasteiger partial charge in [-0.05, 0) is 76.8 Å². The third kappa shape index (κ3) is 5.34. The van der Waals surface area contributed by atoms with Crippen molar-refractivity contribution in [3.63, 3.8) is 0 Å². The number of likely N-dealkylation sites (tertiary alicyclic amines) is 1. The lowest BCUT2D eigenvalue weighted by molar-refractivity contribution is -0.140. The number of aliphatic hydroxyl groups excluding tert-OH is 1. The summed E-state index contributed by atoms with van der Waals surface area (Å²) in [5, 5.41) is 21.3. The van der Waals surface area contributed by atoms with E-state index >= 15 is 0 Å². The maximum atomic E-state index is 13.1. The van der Waals surface area contributed by atoms with Gasteiger partial charge in [0.2, 0.25) is 0 Å². The molecular weight excluding hydrogens is 436 g/mol. The maximum absolute atomic E-state index is 13.1. The molecule has 1 amide bonds. The average Bonchev–Trinajstić information content (AvgIpc) is 3.03. The molecule has 0 aromatic heterocycles. The van der Waals surface area contributed by atoms with Crippen molar-refractivity contribution in [3.8, 4) is 17.2 Å². The van der Waals surface area contributed by atoms with E-state index in [-0.39, 0.29) is 35.5 Å². The van der Waals surface area contributed by atoms with Gasteiger partial charge in [0.25, 0.3) is 11.7 Å². The second-order valence-corrected chi connectivity index (χ2v) is 8.65. The molecule has 0 saturated carbocycles. The van der Waals surface area contributed by atoms with Crippen molar-refractivity contribution >= 4 is 17.4 Å². The number of likely N-dealkylation sites (N-methyl/N-ethyl adjacent to an activating group) is 1. The van der Waals surface area contributed by atoms with Gasteiger partial charge in [-0.3, -0.25) is 9.59 Å². The van der Waals surface area contributed by atoms with E-state index in [1.165, 1.54) is 11.0 Å². The highest BCUT2D eigenvalue weighted by Gasteiger charge is 2.46. The number of aromatic hydroxyl groups is 1. The minimum atomic E-state index is -0.827. The van der Waals surface area contributed by atoms with Crippen LogP contribution in [0.15, 0.2) is 48.0 Å². The summed E-state index contributed by atoms with van der Waals surface area (Å²) < 4.78 is 11.2. The fourth-order valence-corrected chi connectivity index (χ4v) is 3.86. The van der Waals surface area contributed by atoms with Crippen molar-refractivity contribution in [2.24, 2.45) is 0 Å². The molecule has 1 heterocycles. The SMILES string of the molecule is CCOc1cc(C2/C(=C(/O)c3ccc(OC(C)C)cc3)C(=O)C(=O)N2CCN(C)C)ccc1O. The number of rotatable bonds is 9. The number of carbonyl (C=O) groups excluding carboxylic acids is 2. The molecule has 0 radical (unpaired) electrons. The van der Waals surface area contributed by atoms with Gasteiger partial charge >= 0.3 is 0 Å². The largest absolute Gasteiger partial charge is 0.507 e. The van der Waals surface area contributed by atoms with Crippen LogP contribution in [0.2, 0.25) is 0 Å². The molecular formula is C26H32N2O6. The van der Waals surface area contributed by atoms with Gasteiger partial charge in [0.1, 0.15) is 11.5 Å². The van der Waals surface area contributed by atoms with Crippen LogP contribution in [0.5, 0.6) is 17.2 Å². The molecule has 1 fully saturated rings. The number of phenols is 1. The summed E-state index contributed by atoms with van der Waals surface area (Å²) in [6.45, 7) is 6.77. The first-order valence-corrected chi connectivity index (χ1v) is 11.3. The van der Waals surface area contributed by atoms with E-state index in [4.69, 9.17) is 9.47 Å². The topological polar surface area (TPSA) is 99.5 Å². The Kier molecular flexibility index (Phi) is 7.83. The van der Waals surface area contributed by atoms with Crippen LogP contribution >= 0.6 is 0 Å². The number of hydrogen-bond acceptors (Lipinski definition) is 7. The van der Waals surface area contributed by atoms with Crippen molar-refractivity contribution in [2.45, 2.75) is 32.9 Å².